The van der Waals surface area contributed by atoms with Gasteiger partial charge in [0.2, 0.25) is 0 Å². The summed E-state index contributed by atoms with van der Waals surface area (Å²) in [4.78, 5) is 0. The van der Waals surface area contributed by atoms with Gasteiger partial charge in [0.15, 0.2) is 0 Å². The van der Waals surface area contributed by atoms with Crippen LogP contribution < -0.4 is 0 Å². The molecule has 0 saturated carbocycles. The van der Waals surface area contributed by atoms with Crippen molar-refractivity contribution in [1.29, 1.82) is 0 Å². The molecule has 0 aromatic carbocycles. The number of allylic oxidation sites excluding steroid dienone is 8. The van der Waals surface area contributed by atoms with E-state index in [1.807, 2.05) is 6.08 Å². The number of hydrogen-bond acceptors (Lipinski definition) is 0. The van der Waals surface area contributed by atoms with E-state index in [1.54, 1.807) is 0 Å². The highest BCUT2D eigenvalue weighted by atomic mass is 14.1. The first-order chi connectivity index (χ1) is 10.6. The van der Waals surface area contributed by atoms with E-state index in [0.29, 0.717) is 0 Å². The zero-order chi connectivity index (χ0) is 16.8. The van der Waals surface area contributed by atoms with Crippen LogP contribution in [-0.2, 0) is 0 Å². The van der Waals surface area contributed by atoms with Crippen molar-refractivity contribution in [3.63, 3.8) is 0 Å². The van der Waals surface area contributed by atoms with Crippen LogP contribution in [0.2, 0.25) is 0 Å². The molecule has 0 fully saturated rings. The van der Waals surface area contributed by atoms with Crippen LogP contribution >= 0.6 is 0 Å². The van der Waals surface area contributed by atoms with Crippen molar-refractivity contribution < 1.29 is 0 Å². The largest absolute Gasteiger partial charge is 0.103 e. The highest BCUT2D eigenvalue weighted by Crippen LogP contribution is 2.23. The predicted octanol–water partition coefficient (Wildman–Crippen LogP) is 7.71. The van der Waals surface area contributed by atoms with Crippen LogP contribution in [0.1, 0.15) is 79.1 Å². The second-order valence-electron chi connectivity index (χ2n) is 6.14. The Morgan fingerprint density at radius 2 is 1.82 bits per heavy atom. The van der Waals surface area contributed by atoms with E-state index in [0.717, 1.165) is 25.7 Å². The lowest BCUT2D eigenvalue weighted by Crippen LogP contribution is -1.92. The SMILES string of the molecule is C=CCC(CCCC)=C(C=CCCC)C=C(CC)CC(=C)C. The van der Waals surface area contributed by atoms with E-state index in [1.165, 1.54) is 48.0 Å². The van der Waals surface area contributed by atoms with Crippen molar-refractivity contribution in [3.05, 3.63) is 59.8 Å². The van der Waals surface area contributed by atoms with Gasteiger partial charge in [0.1, 0.15) is 0 Å². The highest BCUT2D eigenvalue weighted by Gasteiger charge is 2.04. The van der Waals surface area contributed by atoms with Gasteiger partial charge in [-0.3, -0.25) is 0 Å². The van der Waals surface area contributed by atoms with Crippen LogP contribution in [0, 0.1) is 0 Å². The summed E-state index contributed by atoms with van der Waals surface area (Å²) in [5.74, 6) is 0. The minimum atomic E-state index is 0.992. The van der Waals surface area contributed by atoms with Crippen LogP contribution in [0.4, 0.5) is 0 Å². The molecule has 0 bridgehead atoms. The first-order valence-electron chi connectivity index (χ1n) is 8.92. The molecular formula is C22H36. The van der Waals surface area contributed by atoms with Gasteiger partial charge >= 0.3 is 0 Å². The van der Waals surface area contributed by atoms with Gasteiger partial charge < -0.3 is 0 Å². The fourth-order valence-corrected chi connectivity index (χ4v) is 2.46. The summed E-state index contributed by atoms with van der Waals surface area (Å²) >= 11 is 0. The van der Waals surface area contributed by atoms with E-state index in [2.05, 4.69) is 59.1 Å². The Bertz CT molecular complexity index is 415. The Balaban J connectivity index is 5.56. The number of rotatable bonds is 12. The fourth-order valence-electron chi connectivity index (χ4n) is 2.46. The average Bonchev–Trinajstić information content (AvgIpc) is 2.49. The van der Waals surface area contributed by atoms with Crippen LogP contribution in [0.5, 0.6) is 0 Å². The minimum Gasteiger partial charge on any atom is -0.103 e. The molecule has 0 unspecified atom stereocenters. The molecule has 124 valence electrons. The van der Waals surface area contributed by atoms with E-state index in [9.17, 15) is 0 Å². The first-order valence-corrected chi connectivity index (χ1v) is 8.92. The standard InChI is InChI=1S/C22H36/c1-7-11-13-16-22(18-20(10-4)17-19(5)6)21(14-9-3)15-12-8-2/h9,13,16,18H,3,5,7-8,10-12,14-15,17H2,1-2,4,6H3. The van der Waals surface area contributed by atoms with Crippen LogP contribution in [0.3, 0.4) is 0 Å². The summed E-state index contributed by atoms with van der Waals surface area (Å²) < 4.78 is 0. The zero-order valence-corrected chi connectivity index (χ0v) is 15.4. The van der Waals surface area contributed by atoms with Gasteiger partial charge in [-0.15, -0.1) is 6.58 Å². The van der Waals surface area contributed by atoms with Gasteiger partial charge in [0.25, 0.3) is 0 Å². The summed E-state index contributed by atoms with van der Waals surface area (Å²) in [5.41, 5.74) is 5.64. The van der Waals surface area contributed by atoms with E-state index < -0.39 is 0 Å². The maximum atomic E-state index is 4.07. The zero-order valence-electron chi connectivity index (χ0n) is 15.4. The molecule has 0 atom stereocenters. The summed E-state index contributed by atoms with van der Waals surface area (Å²) in [6.07, 6.45) is 18.2. The molecule has 0 nitrogen and oxygen atoms in total. The van der Waals surface area contributed by atoms with Crippen LogP contribution in [0.15, 0.2) is 59.8 Å². The second-order valence-corrected chi connectivity index (χ2v) is 6.14. The molecular weight excluding hydrogens is 264 g/mol. The van der Waals surface area contributed by atoms with Crippen molar-refractivity contribution in [2.75, 3.05) is 0 Å². The Morgan fingerprint density at radius 1 is 1.09 bits per heavy atom. The Morgan fingerprint density at radius 3 is 2.32 bits per heavy atom. The molecule has 0 aromatic heterocycles. The van der Waals surface area contributed by atoms with Crippen LogP contribution in [-0.4, -0.2) is 0 Å². The Kier molecular flexibility index (Phi) is 12.6. The van der Waals surface area contributed by atoms with Crippen molar-refractivity contribution >= 4 is 0 Å². The summed E-state index contributed by atoms with van der Waals surface area (Å²) in [6.45, 7) is 16.8. The molecule has 0 aliphatic heterocycles. The third kappa shape index (κ3) is 9.60. The third-order valence-corrected chi connectivity index (χ3v) is 3.73. The quantitative estimate of drug-likeness (QED) is 0.256. The molecule has 0 amide bonds. The van der Waals surface area contributed by atoms with Crippen molar-refractivity contribution in [2.24, 2.45) is 0 Å². The molecule has 0 saturated heterocycles. The van der Waals surface area contributed by atoms with Crippen molar-refractivity contribution in [3.8, 4) is 0 Å². The normalized spacial score (nSPS) is 13.4. The monoisotopic (exact) mass is 300 g/mol. The van der Waals surface area contributed by atoms with E-state index >= 15 is 0 Å². The summed E-state index contributed by atoms with van der Waals surface area (Å²) in [5, 5.41) is 0. The molecule has 0 radical (unpaired) electrons. The fraction of sp³-hybridized carbons (Fsp3) is 0.545. The first kappa shape index (κ1) is 20.7. The van der Waals surface area contributed by atoms with Gasteiger partial charge in [-0.05, 0) is 51.0 Å². The summed E-state index contributed by atoms with van der Waals surface area (Å²) in [7, 11) is 0. The lowest BCUT2D eigenvalue weighted by atomic mass is 9.94. The molecule has 0 aromatic rings. The van der Waals surface area contributed by atoms with Gasteiger partial charge in [0, 0.05) is 0 Å². The topological polar surface area (TPSA) is 0 Å². The molecule has 0 aliphatic carbocycles. The Labute approximate surface area is 139 Å². The maximum Gasteiger partial charge on any atom is -0.0111 e. The average molecular weight is 301 g/mol. The third-order valence-electron chi connectivity index (χ3n) is 3.73. The van der Waals surface area contributed by atoms with Gasteiger partial charge in [-0.2, -0.15) is 0 Å². The second kappa shape index (κ2) is 13.4. The summed E-state index contributed by atoms with van der Waals surface area (Å²) in [6, 6.07) is 0. The van der Waals surface area contributed by atoms with Gasteiger partial charge in [-0.25, -0.2) is 0 Å². The van der Waals surface area contributed by atoms with Crippen LogP contribution in [0.25, 0.3) is 0 Å². The minimum absolute atomic E-state index is 0.992. The molecule has 22 heavy (non-hydrogen) atoms. The molecule has 0 heterocycles. The highest BCUT2D eigenvalue weighted by molar-refractivity contribution is 5.39. The van der Waals surface area contributed by atoms with E-state index in [-0.39, 0.29) is 0 Å². The lowest BCUT2D eigenvalue weighted by Gasteiger charge is -2.11. The van der Waals surface area contributed by atoms with Crippen molar-refractivity contribution in [2.45, 2.75) is 79.1 Å². The molecule has 0 aliphatic rings. The molecule has 0 heteroatoms. The van der Waals surface area contributed by atoms with Gasteiger partial charge in [0.05, 0.1) is 0 Å². The smallest absolute Gasteiger partial charge is 0.0111 e. The van der Waals surface area contributed by atoms with E-state index in [4.69, 9.17) is 0 Å². The number of hydrogen-bond donors (Lipinski definition) is 0. The lowest BCUT2D eigenvalue weighted by molar-refractivity contribution is 0.772. The van der Waals surface area contributed by atoms with Gasteiger partial charge in [-0.1, -0.05) is 81.2 Å². The molecule has 0 spiro atoms. The maximum absolute atomic E-state index is 4.07. The Hall–Kier alpha value is -1.30. The molecule has 0 N–H and O–H groups in total. The number of unbranched alkanes of at least 4 members (excludes halogenated alkanes) is 2. The predicted molar refractivity (Wildman–Crippen MR) is 103 cm³/mol. The molecule has 0 rings (SSSR count). The van der Waals surface area contributed by atoms with Crippen molar-refractivity contribution in [1.82, 2.24) is 0 Å².